The highest BCUT2D eigenvalue weighted by Gasteiger charge is 2.21. The summed E-state index contributed by atoms with van der Waals surface area (Å²) in [4.78, 5) is 0. The van der Waals surface area contributed by atoms with Crippen LogP contribution in [0.25, 0.3) is 93.6 Å². The number of para-hydroxylation sites is 6. The zero-order valence-corrected chi connectivity index (χ0v) is 29.5. The Labute approximate surface area is 316 Å². The van der Waals surface area contributed by atoms with Crippen molar-refractivity contribution in [1.82, 2.24) is 13.7 Å². The van der Waals surface area contributed by atoms with Crippen LogP contribution in [0.1, 0.15) is 11.1 Å². The number of rotatable bonds is 4. The van der Waals surface area contributed by atoms with E-state index in [-0.39, 0.29) is 0 Å². The fourth-order valence-electron chi connectivity index (χ4n) is 8.79. The van der Waals surface area contributed by atoms with Gasteiger partial charge in [0.1, 0.15) is 12.1 Å². The van der Waals surface area contributed by atoms with Gasteiger partial charge in [-0.3, -0.25) is 0 Å². The number of nitrogens with zero attached hydrogens (tertiary/aromatic N) is 5. The minimum atomic E-state index is 0.585. The molecule has 0 fully saturated rings. The molecule has 0 unspecified atom stereocenters. The van der Waals surface area contributed by atoms with Crippen LogP contribution in [0.15, 0.2) is 176 Å². The Morgan fingerprint density at radius 2 is 0.800 bits per heavy atom. The SMILES string of the molecule is N#Cc1cc(-c2ccc(-n3c4ccccc4c4cccc(C#N)c43)cc2)ccc1-n1c2ccccc2c2cccc(-n3c4ccccc4c4ccccc43)c21. The summed E-state index contributed by atoms with van der Waals surface area (Å²) in [5.74, 6) is 0. The van der Waals surface area contributed by atoms with E-state index >= 15 is 0 Å². The molecule has 11 aromatic rings. The molecule has 8 aromatic carbocycles. The highest BCUT2D eigenvalue weighted by molar-refractivity contribution is 6.15. The lowest BCUT2D eigenvalue weighted by Gasteiger charge is -2.16. The van der Waals surface area contributed by atoms with E-state index in [1.807, 2.05) is 30.3 Å². The van der Waals surface area contributed by atoms with Gasteiger partial charge in [0.15, 0.2) is 0 Å². The second-order valence-electron chi connectivity index (χ2n) is 14.0. The molecule has 0 spiro atoms. The van der Waals surface area contributed by atoms with E-state index in [0.29, 0.717) is 11.1 Å². The Morgan fingerprint density at radius 1 is 0.327 bits per heavy atom. The third-order valence-electron chi connectivity index (χ3n) is 11.1. The largest absolute Gasteiger partial charge is 0.308 e. The van der Waals surface area contributed by atoms with E-state index in [2.05, 4.69) is 171 Å². The Morgan fingerprint density at radius 3 is 1.40 bits per heavy atom. The fourth-order valence-corrected chi connectivity index (χ4v) is 8.79. The maximum atomic E-state index is 10.8. The van der Waals surface area contributed by atoms with Crippen molar-refractivity contribution in [1.29, 1.82) is 10.5 Å². The van der Waals surface area contributed by atoms with Gasteiger partial charge in [0.05, 0.1) is 55.6 Å². The molecule has 0 aliphatic heterocycles. The lowest BCUT2D eigenvalue weighted by Crippen LogP contribution is -2.02. The van der Waals surface area contributed by atoms with Crippen molar-refractivity contribution >= 4 is 65.4 Å². The van der Waals surface area contributed by atoms with Crippen LogP contribution in [-0.4, -0.2) is 13.7 Å². The van der Waals surface area contributed by atoms with E-state index in [1.54, 1.807) is 0 Å². The van der Waals surface area contributed by atoms with Crippen LogP contribution in [0, 0.1) is 22.7 Å². The third-order valence-corrected chi connectivity index (χ3v) is 11.1. The molecule has 5 heteroatoms. The molecule has 5 nitrogen and oxygen atoms in total. The van der Waals surface area contributed by atoms with Gasteiger partial charge < -0.3 is 13.7 Å². The molecule has 0 amide bonds. The van der Waals surface area contributed by atoms with Crippen LogP contribution in [0.5, 0.6) is 0 Å². The molecule has 0 saturated heterocycles. The number of hydrogen-bond donors (Lipinski definition) is 0. The molecule has 11 rings (SSSR count). The summed E-state index contributed by atoms with van der Waals surface area (Å²) in [6.45, 7) is 0. The van der Waals surface area contributed by atoms with Gasteiger partial charge in [0.2, 0.25) is 0 Å². The third kappa shape index (κ3) is 4.39. The average molecular weight is 700 g/mol. The minimum Gasteiger partial charge on any atom is -0.308 e. The number of benzene rings is 8. The number of aromatic nitrogens is 3. The highest BCUT2D eigenvalue weighted by Crippen LogP contribution is 2.41. The van der Waals surface area contributed by atoms with Crippen molar-refractivity contribution in [2.75, 3.05) is 0 Å². The monoisotopic (exact) mass is 699 g/mol. The predicted octanol–water partition coefficient (Wildman–Crippen LogP) is 12.4. The minimum absolute atomic E-state index is 0.585. The number of nitriles is 2. The molecule has 0 bridgehead atoms. The van der Waals surface area contributed by atoms with E-state index < -0.39 is 0 Å². The standard InChI is InChI=1S/C50H29N5/c51-30-34-11-9-16-41-39-14-3-5-18-44(39)53(49(34)41)36-26-23-32(24-27-36)33-25-28-43(35(29-33)31-52)55-47-21-8-4-15-40(47)42-17-10-22-48(50(42)55)54-45-19-6-1-12-37(45)38-13-2-7-20-46(38)54/h1-29H. The van der Waals surface area contributed by atoms with Gasteiger partial charge in [0.25, 0.3) is 0 Å². The number of hydrogen-bond acceptors (Lipinski definition) is 2. The summed E-state index contributed by atoms with van der Waals surface area (Å²) in [5, 5.41) is 27.7. The quantitative estimate of drug-likeness (QED) is 0.184. The van der Waals surface area contributed by atoms with Gasteiger partial charge in [-0.05, 0) is 71.8 Å². The second-order valence-corrected chi connectivity index (χ2v) is 14.0. The van der Waals surface area contributed by atoms with Gasteiger partial charge in [-0.1, -0.05) is 115 Å². The zero-order valence-electron chi connectivity index (χ0n) is 29.5. The van der Waals surface area contributed by atoms with E-state index in [9.17, 15) is 10.5 Å². The average Bonchev–Trinajstić information content (AvgIpc) is 3.90. The molecular weight excluding hydrogens is 671 g/mol. The molecule has 0 N–H and O–H groups in total. The normalized spacial score (nSPS) is 11.6. The second kappa shape index (κ2) is 11.8. The van der Waals surface area contributed by atoms with Gasteiger partial charge in [0, 0.05) is 38.0 Å². The predicted molar refractivity (Wildman–Crippen MR) is 224 cm³/mol. The smallest absolute Gasteiger partial charge is 0.101 e. The van der Waals surface area contributed by atoms with E-state index in [1.165, 1.54) is 10.8 Å². The summed E-state index contributed by atoms with van der Waals surface area (Å²) >= 11 is 0. The first kappa shape index (κ1) is 30.7. The summed E-state index contributed by atoms with van der Waals surface area (Å²) in [7, 11) is 0. The van der Waals surface area contributed by atoms with Gasteiger partial charge >= 0.3 is 0 Å². The first-order chi connectivity index (χ1) is 27.2. The van der Waals surface area contributed by atoms with Crippen molar-refractivity contribution in [3.63, 3.8) is 0 Å². The highest BCUT2D eigenvalue weighted by atomic mass is 15.1. The van der Waals surface area contributed by atoms with Gasteiger partial charge in [-0.15, -0.1) is 0 Å². The van der Waals surface area contributed by atoms with Crippen molar-refractivity contribution < 1.29 is 0 Å². The summed E-state index contributed by atoms with van der Waals surface area (Å²) in [6, 6.07) is 65.9. The first-order valence-electron chi connectivity index (χ1n) is 18.3. The van der Waals surface area contributed by atoms with Crippen molar-refractivity contribution in [2.45, 2.75) is 0 Å². The maximum Gasteiger partial charge on any atom is 0.101 e. The lowest BCUT2D eigenvalue weighted by atomic mass is 10.0. The molecule has 3 heterocycles. The first-order valence-corrected chi connectivity index (χ1v) is 18.3. The van der Waals surface area contributed by atoms with Crippen LogP contribution < -0.4 is 0 Å². The van der Waals surface area contributed by atoms with Crippen LogP contribution in [0.3, 0.4) is 0 Å². The van der Waals surface area contributed by atoms with Crippen LogP contribution >= 0.6 is 0 Å². The Balaban J connectivity index is 1.09. The lowest BCUT2D eigenvalue weighted by molar-refractivity contribution is 1.12. The summed E-state index contributed by atoms with van der Waals surface area (Å²) < 4.78 is 6.80. The van der Waals surface area contributed by atoms with Gasteiger partial charge in [-0.25, -0.2) is 0 Å². The van der Waals surface area contributed by atoms with E-state index in [0.717, 1.165) is 82.8 Å². The summed E-state index contributed by atoms with van der Waals surface area (Å²) in [5.41, 5.74) is 12.4. The Kier molecular flexibility index (Phi) is 6.61. The maximum absolute atomic E-state index is 10.8. The van der Waals surface area contributed by atoms with Crippen LogP contribution in [0.4, 0.5) is 0 Å². The molecular formula is C50H29N5. The van der Waals surface area contributed by atoms with Crippen molar-refractivity contribution in [2.24, 2.45) is 0 Å². The Bertz CT molecular complexity index is 3400. The van der Waals surface area contributed by atoms with Gasteiger partial charge in [-0.2, -0.15) is 10.5 Å². The van der Waals surface area contributed by atoms with Crippen LogP contribution in [0.2, 0.25) is 0 Å². The molecule has 0 saturated carbocycles. The summed E-state index contributed by atoms with van der Waals surface area (Å²) in [6.07, 6.45) is 0. The molecule has 0 aliphatic carbocycles. The Hall–Kier alpha value is -7.86. The van der Waals surface area contributed by atoms with E-state index in [4.69, 9.17) is 0 Å². The fraction of sp³-hybridized carbons (Fsp3) is 0. The topological polar surface area (TPSA) is 62.4 Å². The van der Waals surface area contributed by atoms with Crippen LogP contribution in [-0.2, 0) is 0 Å². The number of fused-ring (bicyclic) bond motifs is 9. The molecule has 0 radical (unpaired) electrons. The van der Waals surface area contributed by atoms with Crippen molar-refractivity contribution in [3.8, 4) is 40.3 Å². The molecule has 254 valence electrons. The molecule has 0 aliphatic rings. The zero-order chi connectivity index (χ0) is 36.6. The molecule has 0 atom stereocenters. The van der Waals surface area contributed by atoms with Crippen molar-refractivity contribution in [3.05, 3.63) is 187 Å². The molecule has 3 aromatic heterocycles. The molecule has 55 heavy (non-hydrogen) atoms.